The predicted molar refractivity (Wildman–Crippen MR) is 244 cm³/mol. The highest BCUT2D eigenvalue weighted by atomic mass is 31.2. The molecule has 13 heteroatoms. The van der Waals surface area contributed by atoms with Crippen LogP contribution in [-0.2, 0) is 32.7 Å². The van der Waals surface area contributed by atoms with Crippen LogP contribution < -0.4 is 4.89 Å². The third-order valence-electron chi connectivity index (χ3n) is 8.32. The van der Waals surface area contributed by atoms with E-state index in [1.165, 1.54) is 6.08 Å². The molecule has 0 amide bonds. The average Bonchev–Trinajstić information content (AvgIpc) is 3.20. The summed E-state index contributed by atoms with van der Waals surface area (Å²) < 4.78 is 33.5. The first-order valence-corrected chi connectivity index (χ1v) is 23.0. The summed E-state index contributed by atoms with van der Waals surface area (Å²) in [6.45, 7) is 3.40. The van der Waals surface area contributed by atoms with Gasteiger partial charge in [0.25, 0.3) is 7.82 Å². The molecule has 1 unspecified atom stereocenters. The highest BCUT2D eigenvalue weighted by molar-refractivity contribution is 7.45. The van der Waals surface area contributed by atoms with Crippen molar-refractivity contribution in [3.05, 3.63) is 122 Å². The molecule has 0 rings (SSSR count). The Bertz CT molecular complexity index is 1500. The quantitative estimate of drug-likeness (QED) is 0.0138. The number of hydrogen-bond donors (Lipinski definition) is 3. The Hall–Kier alpha value is -3.71. The standard InChI is InChI=1S/C48H76NO11P/c1-6-8-10-11-12-13-14-15-16-17-18-19-20-21-22-27-31-37-47(53)57-41-44(42-59-61(55,56)58-40-39-49(3,4)5)60-48(54)38-32-36-46(52)45(51)35-30-26-24-23-25-29-34-43(50)33-28-9-7-2/h8-10,12-13,15-16,18-19,21-26,28-30,34-35,43-46,50-52H,6-7,11,14,17,20,27,31-33,36-42H2,1-5H3/b10-8-,13-12-,16-15-,19-18-,22-21-,25-23+,26-24-,28-9-,34-29+,35-30-/t43-,44+,45+,46+/m0/s1. The number of esters is 2. The van der Waals surface area contributed by atoms with Gasteiger partial charge in [0.05, 0.1) is 46.1 Å². The van der Waals surface area contributed by atoms with Gasteiger partial charge in [0.1, 0.15) is 19.8 Å². The summed E-state index contributed by atoms with van der Waals surface area (Å²) in [5.41, 5.74) is 0. The molecule has 0 saturated carbocycles. The number of nitrogens with zero attached hydrogens (tertiary/aromatic N) is 1. The molecule has 0 aliphatic rings. The summed E-state index contributed by atoms with van der Waals surface area (Å²) in [6.07, 6.45) is 41.8. The monoisotopic (exact) mass is 874 g/mol. The second-order valence-corrected chi connectivity index (χ2v) is 16.6. The van der Waals surface area contributed by atoms with Gasteiger partial charge in [0, 0.05) is 12.8 Å². The van der Waals surface area contributed by atoms with Crippen LogP contribution in [0.1, 0.15) is 97.3 Å². The van der Waals surface area contributed by atoms with Crippen molar-refractivity contribution in [2.45, 2.75) is 122 Å². The van der Waals surface area contributed by atoms with Gasteiger partial charge < -0.3 is 43.2 Å². The molecule has 0 aliphatic heterocycles. The largest absolute Gasteiger partial charge is 0.756 e. The zero-order valence-electron chi connectivity index (χ0n) is 37.4. The van der Waals surface area contributed by atoms with E-state index in [-0.39, 0.29) is 32.3 Å². The van der Waals surface area contributed by atoms with E-state index < -0.39 is 57.4 Å². The topological polar surface area (TPSA) is 172 Å². The summed E-state index contributed by atoms with van der Waals surface area (Å²) in [6, 6.07) is 0. The minimum Gasteiger partial charge on any atom is -0.756 e. The van der Waals surface area contributed by atoms with Crippen LogP contribution in [0, 0.1) is 0 Å². The number of allylic oxidation sites excluding steroid dienone is 17. The van der Waals surface area contributed by atoms with Crippen molar-refractivity contribution < 1.29 is 57.4 Å². The van der Waals surface area contributed by atoms with Crippen LogP contribution in [0.5, 0.6) is 0 Å². The number of carbonyl (C=O) groups excluding carboxylic acids is 2. The first-order valence-electron chi connectivity index (χ1n) is 21.6. The van der Waals surface area contributed by atoms with Crippen molar-refractivity contribution in [2.24, 2.45) is 0 Å². The summed E-state index contributed by atoms with van der Waals surface area (Å²) in [5, 5.41) is 30.5. The van der Waals surface area contributed by atoms with Crippen LogP contribution in [0.2, 0.25) is 0 Å². The first-order chi connectivity index (χ1) is 29.2. The van der Waals surface area contributed by atoms with Crippen molar-refractivity contribution in [3.8, 4) is 0 Å². The number of rotatable bonds is 36. The third kappa shape index (κ3) is 40.1. The molecule has 0 heterocycles. The van der Waals surface area contributed by atoms with Crippen LogP contribution in [0.25, 0.3) is 0 Å². The summed E-state index contributed by atoms with van der Waals surface area (Å²) in [5.74, 6) is -1.25. The molecule has 0 radical (unpaired) electrons. The Morgan fingerprint density at radius 1 is 0.656 bits per heavy atom. The van der Waals surface area contributed by atoms with Gasteiger partial charge in [-0.15, -0.1) is 0 Å². The first kappa shape index (κ1) is 57.3. The van der Waals surface area contributed by atoms with E-state index in [1.807, 2.05) is 52.4 Å². The fraction of sp³-hybridized carbons (Fsp3) is 0.542. The van der Waals surface area contributed by atoms with E-state index >= 15 is 0 Å². The molecule has 61 heavy (non-hydrogen) atoms. The van der Waals surface area contributed by atoms with E-state index in [0.29, 0.717) is 30.3 Å². The van der Waals surface area contributed by atoms with Gasteiger partial charge in [-0.2, -0.15) is 0 Å². The number of carbonyl (C=O) groups is 2. The van der Waals surface area contributed by atoms with Crippen LogP contribution >= 0.6 is 7.82 Å². The van der Waals surface area contributed by atoms with Crippen LogP contribution in [-0.4, -0.2) is 104 Å². The van der Waals surface area contributed by atoms with Crippen LogP contribution in [0.3, 0.4) is 0 Å². The number of phosphoric acid groups is 1. The van der Waals surface area contributed by atoms with Crippen molar-refractivity contribution in [3.63, 3.8) is 0 Å². The second kappa shape index (κ2) is 38.0. The molecule has 344 valence electrons. The lowest BCUT2D eigenvalue weighted by molar-refractivity contribution is -0.870. The minimum atomic E-state index is -4.75. The number of unbranched alkanes of at least 4 members (excludes halogenated alkanes) is 1. The normalized spacial score (nSPS) is 16.3. The molecular formula is C48H76NO11P. The fourth-order valence-corrected chi connectivity index (χ4v) is 5.58. The molecule has 3 N–H and O–H groups in total. The van der Waals surface area contributed by atoms with Gasteiger partial charge in [0.15, 0.2) is 6.10 Å². The lowest BCUT2D eigenvalue weighted by atomic mass is 10.1. The maximum absolute atomic E-state index is 12.7. The Kier molecular flexibility index (Phi) is 35.7. The average molecular weight is 874 g/mol. The van der Waals surface area contributed by atoms with Gasteiger partial charge in [-0.3, -0.25) is 14.2 Å². The maximum atomic E-state index is 12.7. The molecule has 5 atom stereocenters. The minimum absolute atomic E-state index is 0.0781. The van der Waals surface area contributed by atoms with Crippen molar-refractivity contribution in [1.82, 2.24) is 0 Å². The van der Waals surface area contributed by atoms with E-state index in [9.17, 15) is 34.4 Å². The zero-order chi connectivity index (χ0) is 45.5. The predicted octanol–water partition coefficient (Wildman–Crippen LogP) is 8.41. The van der Waals surface area contributed by atoms with Gasteiger partial charge in [-0.1, -0.05) is 135 Å². The summed E-state index contributed by atoms with van der Waals surface area (Å²) in [4.78, 5) is 37.6. The molecule has 0 aromatic heterocycles. The van der Waals surface area contributed by atoms with Gasteiger partial charge in [0.2, 0.25) is 0 Å². The Morgan fingerprint density at radius 3 is 1.77 bits per heavy atom. The summed E-state index contributed by atoms with van der Waals surface area (Å²) >= 11 is 0. The number of hydrogen-bond acceptors (Lipinski definition) is 11. The SMILES string of the molecule is CC/C=C\C/C=C\C/C=C\C/C=C\C/C=C\CCCC(=O)OC[C@H](COP(=O)([O-])OCC[N+](C)(C)C)OC(=O)CCC[C@@H](O)[C@H](O)\C=C/C=C\C=C\C=C\[C@@H](O)C/C=C\CC. The van der Waals surface area contributed by atoms with Gasteiger partial charge in [-0.25, -0.2) is 0 Å². The van der Waals surface area contributed by atoms with E-state index in [4.69, 9.17) is 18.5 Å². The Balaban J connectivity index is 4.83. The van der Waals surface area contributed by atoms with Crippen molar-refractivity contribution in [1.29, 1.82) is 0 Å². The van der Waals surface area contributed by atoms with Crippen molar-refractivity contribution >= 4 is 19.8 Å². The third-order valence-corrected chi connectivity index (χ3v) is 9.28. The fourth-order valence-electron chi connectivity index (χ4n) is 4.85. The molecule has 0 aromatic rings. The molecule has 0 saturated heterocycles. The molecule has 0 aliphatic carbocycles. The molecule has 0 spiro atoms. The highest BCUT2D eigenvalue weighted by Gasteiger charge is 2.22. The lowest BCUT2D eigenvalue weighted by Crippen LogP contribution is -2.37. The van der Waals surface area contributed by atoms with E-state index in [1.54, 1.807) is 42.5 Å². The Labute approximate surface area is 366 Å². The number of phosphoric ester groups is 1. The van der Waals surface area contributed by atoms with Crippen LogP contribution in [0.15, 0.2) is 122 Å². The van der Waals surface area contributed by atoms with E-state index in [0.717, 1.165) is 38.5 Å². The van der Waals surface area contributed by atoms with Gasteiger partial charge >= 0.3 is 11.9 Å². The van der Waals surface area contributed by atoms with Crippen molar-refractivity contribution in [2.75, 3.05) is 47.5 Å². The number of aliphatic hydroxyl groups excluding tert-OH is 3. The van der Waals surface area contributed by atoms with Gasteiger partial charge in [-0.05, 0) is 70.6 Å². The number of ether oxygens (including phenoxy) is 2. The smallest absolute Gasteiger partial charge is 0.306 e. The molecule has 0 bridgehead atoms. The Morgan fingerprint density at radius 2 is 1.18 bits per heavy atom. The zero-order valence-corrected chi connectivity index (χ0v) is 38.3. The maximum Gasteiger partial charge on any atom is 0.306 e. The lowest BCUT2D eigenvalue weighted by Gasteiger charge is -2.28. The number of likely N-dealkylation sites (N-methyl/N-ethyl adjacent to an activating group) is 1. The molecule has 0 fully saturated rings. The number of aliphatic hydroxyl groups is 3. The highest BCUT2D eigenvalue weighted by Crippen LogP contribution is 2.38. The molecule has 12 nitrogen and oxygen atoms in total. The second-order valence-electron chi connectivity index (χ2n) is 15.2. The van der Waals surface area contributed by atoms with Crippen LogP contribution in [0.4, 0.5) is 0 Å². The molecule has 0 aromatic carbocycles. The molecular weight excluding hydrogens is 797 g/mol. The summed E-state index contributed by atoms with van der Waals surface area (Å²) in [7, 11) is 0.890. The van der Waals surface area contributed by atoms with E-state index in [2.05, 4.69) is 55.5 Å². The number of quaternary nitrogens is 1.